The third-order valence-electron chi connectivity index (χ3n) is 5.19. The largest absolute Gasteiger partial charge is 0.489 e. The van der Waals surface area contributed by atoms with Crippen LogP contribution in [0, 0.1) is 12.8 Å². The number of aliphatic carboxylic acids is 1. The lowest BCUT2D eigenvalue weighted by atomic mass is 10.1. The SMILES string of the molecule is Cc1ccc(CN2/C(=N/c3ccc(OC(C)C)c(Cl)c3)NC(=O)N(C[C@H](C)C(=O)O)C2O)cc1. The maximum Gasteiger partial charge on any atom is 0.327 e. The van der Waals surface area contributed by atoms with E-state index in [1.165, 1.54) is 11.8 Å². The fourth-order valence-electron chi connectivity index (χ4n) is 3.34. The summed E-state index contributed by atoms with van der Waals surface area (Å²) in [5, 5.41) is 23.4. The predicted octanol–water partition coefficient (Wildman–Crippen LogP) is 3.95. The first-order valence-electron chi connectivity index (χ1n) is 10.9. The van der Waals surface area contributed by atoms with Crippen molar-refractivity contribution in [2.75, 3.05) is 6.54 Å². The van der Waals surface area contributed by atoms with Crippen LogP contribution in [0.5, 0.6) is 5.75 Å². The van der Waals surface area contributed by atoms with Crippen molar-refractivity contribution in [3.05, 3.63) is 58.6 Å². The molecule has 1 aliphatic rings. The van der Waals surface area contributed by atoms with Crippen LogP contribution in [-0.2, 0) is 11.3 Å². The number of aliphatic hydroxyl groups is 1. The molecule has 3 N–H and O–H groups in total. The summed E-state index contributed by atoms with van der Waals surface area (Å²) >= 11 is 6.33. The van der Waals surface area contributed by atoms with Gasteiger partial charge < -0.3 is 14.9 Å². The zero-order chi connectivity index (χ0) is 25.0. The summed E-state index contributed by atoms with van der Waals surface area (Å²) in [4.78, 5) is 31.2. The van der Waals surface area contributed by atoms with Gasteiger partial charge in [-0.1, -0.05) is 48.4 Å². The molecule has 2 aromatic carbocycles. The topological polar surface area (TPSA) is 115 Å². The number of nitrogens with one attached hydrogen (secondary N) is 1. The second-order valence-corrected chi connectivity index (χ2v) is 8.91. The summed E-state index contributed by atoms with van der Waals surface area (Å²) in [5.41, 5.74) is 2.41. The van der Waals surface area contributed by atoms with E-state index in [2.05, 4.69) is 10.3 Å². The number of aliphatic imine (C=N–C) groups is 1. The van der Waals surface area contributed by atoms with Crippen molar-refractivity contribution < 1.29 is 24.5 Å². The van der Waals surface area contributed by atoms with Gasteiger partial charge in [-0.3, -0.25) is 19.9 Å². The van der Waals surface area contributed by atoms with Crippen LogP contribution in [-0.4, -0.2) is 57.0 Å². The first kappa shape index (κ1) is 25.3. The van der Waals surface area contributed by atoms with Gasteiger partial charge in [0.1, 0.15) is 5.75 Å². The van der Waals surface area contributed by atoms with Crippen LogP contribution in [0.4, 0.5) is 10.5 Å². The zero-order valence-corrected chi connectivity index (χ0v) is 20.3. The summed E-state index contributed by atoms with van der Waals surface area (Å²) in [7, 11) is 0. The van der Waals surface area contributed by atoms with E-state index in [9.17, 15) is 19.8 Å². The molecule has 2 amide bonds. The number of nitrogens with zero attached hydrogens (tertiary/aromatic N) is 3. The predicted molar refractivity (Wildman–Crippen MR) is 129 cm³/mol. The van der Waals surface area contributed by atoms with Crippen molar-refractivity contribution >= 4 is 35.2 Å². The van der Waals surface area contributed by atoms with E-state index in [-0.39, 0.29) is 25.2 Å². The number of amides is 2. The molecule has 1 saturated heterocycles. The number of hydrogen-bond acceptors (Lipinski definition) is 5. The van der Waals surface area contributed by atoms with Crippen LogP contribution in [0.25, 0.3) is 0 Å². The molecule has 9 nitrogen and oxygen atoms in total. The minimum atomic E-state index is -1.42. The van der Waals surface area contributed by atoms with E-state index < -0.39 is 24.3 Å². The Labute approximate surface area is 203 Å². The molecule has 0 aliphatic carbocycles. The summed E-state index contributed by atoms with van der Waals surface area (Å²) < 4.78 is 5.65. The zero-order valence-electron chi connectivity index (χ0n) is 19.5. The fraction of sp³-hybridized carbons (Fsp3) is 0.375. The number of guanidine groups is 1. The van der Waals surface area contributed by atoms with E-state index in [1.54, 1.807) is 18.2 Å². The summed E-state index contributed by atoms with van der Waals surface area (Å²) in [6.07, 6.45) is -1.47. The average molecular weight is 489 g/mol. The number of aryl methyl sites for hydroxylation is 1. The van der Waals surface area contributed by atoms with Gasteiger partial charge in [-0.05, 0) is 44.5 Å². The molecule has 2 aromatic rings. The highest BCUT2D eigenvalue weighted by molar-refractivity contribution is 6.32. The van der Waals surface area contributed by atoms with E-state index >= 15 is 0 Å². The summed E-state index contributed by atoms with van der Waals surface area (Å²) in [6, 6.07) is 12.0. The van der Waals surface area contributed by atoms with Gasteiger partial charge >= 0.3 is 12.0 Å². The van der Waals surface area contributed by atoms with Crippen molar-refractivity contribution in [3.63, 3.8) is 0 Å². The van der Waals surface area contributed by atoms with Crippen LogP contribution in [0.3, 0.4) is 0 Å². The second-order valence-electron chi connectivity index (χ2n) is 8.50. The maximum atomic E-state index is 12.8. The maximum absolute atomic E-state index is 12.8. The van der Waals surface area contributed by atoms with Gasteiger partial charge in [0.25, 0.3) is 0 Å². The van der Waals surface area contributed by atoms with Crippen LogP contribution >= 0.6 is 11.6 Å². The lowest BCUT2D eigenvalue weighted by Gasteiger charge is -2.42. The number of aliphatic hydroxyl groups excluding tert-OH is 1. The third kappa shape index (κ3) is 6.18. The van der Waals surface area contributed by atoms with Crippen LogP contribution in [0.15, 0.2) is 47.5 Å². The molecule has 2 atom stereocenters. The molecule has 0 spiro atoms. The lowest BCUT2D eigenvalue weighted by Crippen LogP contribution is -2.66. The van der Waals surface area contributed by atoms with Gasteiger partial charge in [0.05, 0.1) is 29.3 Å². The molecule has 0 radical (unpaired) electrons. The summed E-state index contributed by atoms with van der Waals surface area (Å²) in [5.74, 6) is -1.31. The number of carboxylic acids is 1. The summed E-state index contributed by atoms with van der Waals surface area (Å²) in [6.45, 7) is 7.28. The number of urea groups is 1. The highest BCUT2D eigenvalue weighted by atomic mass is 35.5. The molecule has 1 fully saturated rings. The van der Waals surface area contributed by atoms with Crippen LogP contribution < -0.4 is 10.1 Å². The molecular formula is C24H29ClN4O5. The van der Waals surface area contributed by atoms with E-state index in [0.29, 0.717) is 16.5 Å². The van der Waals surface area contributed by atoms with Crippen molar-refractivity contribution in [1.82, 2.24) is 15.1 Å². The number of carboxylic acid groups (broad SMARTS) is 1. The molecule has 0 aromatic heterocycles. The van der Waals surface area contributed by atoms with Crippen molar-refractivity contribution in [3.8, 4) is 5.75 Å². The van der Waals surface area contributed by atoms with E-state index in [1.807, 2.05) is 45.0 Å². The van der Waals surface area contributed by atoms with E-state index in [4.69, 9.17) is 16.3 Å². The monoisotopic (exact) mass is 488 g/mol. The third-order valence-corrected chi connectivity index (χ3v) is 5.48. The molecular weight excluding hydrogens is 460 g/mol. The van der Waals surface area contributed by atoms with E-state index in [0.717, 1.165) is 16.0 Å². The van der Waals surface area contributed by atoms with Crippen molar-refractivity contribution in [1.29, 1.82) is 0 Å². The van der Waals surface area contributed by atoms with Gasteiger partial charge in [-0.25, -0.2) is 9.79 Å². The van der Waals surface area contributed by atoms with Crippen molar-refractivity contribution in [2.24, 2.45) is 10.9 Å². The minimum absolute atomic E-state index is 0.0494. The van der Waals surface area contributed by atoms with Gasteiger partial charge in [0, 0.05) is 6.54 Å². The molecule has 1 unspecified atom stereocenters. The average Bonchev–Trinajstić information content (AvgIpc) is 2.76. The van der Waals surface area contributed by atoms with Gasteiger partial charge in [-0.15, -0.1) is 0 Å². The first-order valence-corrected chi connectivity index (χ1v) is 11.3. The number of ether oxygens (including phenoxy) is 1. The van der Waals surface area contributed by atoms with Crippen LogP contribution in [0.1, 0.15) is 31.9 Å². The Morgan fingerprint density at radius 3 is 2.44 bits per heavy atom. The normalized spacial score (nSPS) is 18.3. The molecule has 1 aliphatic heterocycles. The Bertz CT molecular complexity index is 1070. The van der Waals surface area contributed by atoms with Gasteiger partial charge in [0.15, 0.2) is 0 Å². The highest BCUT2D eigenvalue weighted by Gasteiger charge is 2.37. The number of hydrogen-bond donors (Lipinski definition) is 3. The molecule has 34 heavy (non-hydrogen) atoms. The Hall–Kier alpha value is -3.30. The molecule has 0 saturated carbocycles. The van der Waals surface area contributed by atoms with Gasteiger partial charge in [-0.2, -0.15) is 0 Å². The highest BCUT2D eigenvalue weighted by Crippen LogP contribution is 2.30. The van der Waals surface area contributed by atoms with Crippen molar-refractivity contribution in [2.45, 2.75) is 46.7 Å². The standard InChI is InChI=1S/C24H29ClN4O5/c1-14(2)34-20-10-9-18(11-19(20)25)26-22-27-23(32)29(12-16(4)21(30)31)24(33)28(22)13-17-7-5-15(3)6-8-17/h5-11,14,16,24,33H,12-13H2,1-4H3,(H,30,31)(H,26,27,32)/t16-,24?/m0/s1. The van der Waals surface area contributed by atoms with Crippen LogP contribution in [0.2, 0.25) is 5.02 Å². The quantitative estimate of drug-likeness (QED) is 0.518. The Morgan fingerprint density at radius 2 is 1.85 bits per heavy atom. The number of halogens is 1. The minimum Gasteiger partial charge on any atom is -0.489 e. The molecule has 10 heteroatoms. The molecule has 3 rings (SSSR count). The number of carbonyl (C=O) groups excluding carboxylic acids is 1. The van der Waals surface area contributed by atoms with Gasteiger partial charge in [0.2, 0.25) is 12.3 Å². The molecule has 1 heterocycles. The molecule has 0 bridgehead atoms. The lowest BCUT2D eigenvalue weighted by molar-refractivity contribution is -0.143. The Morgan fingerprint density at radius 1 is 1.18 bits per heavy atom. The Kier molecular flexibility index (Phi) is 8.01. The first-order chi connectivity index (χ1) is 16.0. The Balaban J connectivity index is 1.94. The second kappa shape index (κ2) is 10.8. The molecule has 182 valence electrons. The number of rotatable bonds is 8. The smallest absolute Gasteiger partial charge is 0.327 e. The number of carbonyl (C=O) groups is 2. The number of benzene rings is 2. The fourth-order valence-corrected chi connectivity index (χ4v) is 3.56.